The van der Waals surface area contributed by atoms with Crippen LogP contribution in [0.5, 0.6) is 5.75 Å². The molecule has 0 saturated carbocycles. The lowest BCUT2D eigenvalue weighted by molar-refractivity contribution is 0.0691. The first-order chi connectivity index (χ1) is 10.6. The molecule has 110 valence electrons. The Balaban J connectivity index is 1.99. The molecule has 3 rings (SSSR count). The van der Waals surface area contributed by atoms with E-state index in [-0.39, 0.29) is 5.69 Å². The van der Waals surface area contributed by atoms with Crippen molar-refractivity contribution in [3.05, 3.63) is 70.3 Å². The summed E-state index contributed by atoms with van der Waals surface area (Å²) in [6.45, 7) is 0.394. The van der Waals surface area contributed by atoms with Crippen molar-refractivity contribution < 1.29 is 14.6 Å². The third-order valence-corrected chi connectivity index (χ3v) is 3.64. The summed E-state index contributed by atoms with van der Waals surface area (Å²) >= 11 is 3.43. The van der Waals surface area contributed by atoms with Crippen molar-refractivity contribution in [1.29, 1.82) is 0 Å². The topological polar surface area (TPSA) is 59.4 Å². The van der Waals surface area contributed by atoms with Gasteiger partial charge in [-0.05, 0) is 23.8 Å². The molecule has 0 unspecified atom stereocenters. The fourth-order valence-corrected chi connectivity index (χ4v) is 2.59. The molecule has 1 heterocycles. The highest BCUT2D eigenvalue weighted by Gasteiger charge is 2.11. The van der Waals surface area contributed by atoms with Gasteiger partial charge in [-0.15, -0.1) is 0 Å². The summed E-state index contributed by atoms with van der Waals surface area (Å²) in [7, 11) is 0. The summed E-state index contributed by atoms with van der Waals surface area (Å²) in [4.78, 5) is 15.3. The number of carboxylic acids is 1. The van der Waals surface area contributed by atoms with Gasteiger partial charge in [-0.1, -0.05) is 52.3 Å². The number of pyridine rings is 1. The molecule has 1 aromatic heterocycles. The monoisotopic (exact) mass is 357 g/mol. The van der Waals surface area contributed by atoms with Crippen LogP contribution in [0.1, 0.15) is 16.1 Å². The molecule has 0 amide bonds. The fourth-order valence-electron chi connectivity index (χ4n) is 2.13. The molecule has 0 spiro atoms. The molecule has 0 aliphatic rings. The molecule has 4 nitrogen and oxygen atoms in total. The highest BCUT2D eigenvalue weighted by molar-refractivity contribution is 9.10. The third kappa shape index (κ3) is 3.09. The summed E-state index contributed by atoms with van der Waals surface area (Å²) in [5.74, 6) is -0.504. The Kier molecular flexibility index (Phi) is 4.06. The van der Waals surface area contributed by atoms with Crippen LogP contribution in [0.3, 0.4) is 0 Å². The summed E-state index contributed by atoms with van der Waals surface area (Å²) in [6.07, 6.45) is 0. The van der Waals surface area contributed by atoms with E-state index in [4.69, 9.17) is 9.84 Å². The van der Waals surface area contributed by atoms with Crippen LogP contribution in [0.15, 0.2) is 59.1 Å². The minimum atomic E-state index is -1.06. The van der Waals surface area contributed by atoms with Gasteiger partial charge in [0.25, 0.3) is 0 Å². The molecule has 22 heavy (non-hydrogen) atoms. The molecular formula is C17H12BrNO3. The lowest BCUT2D eigenvalue weighted by atomic mass is 10.2. The highest BCUT2D eigenvalue weighted by Crippen LogP contribution is 2.29. The van der Waals surface area contributed by atoms with Crippen molar-refractivity contribution in [3.8, 4) is 5.75 Å². The second kappa shape index (κ2) is 6.15. The molecule has 0 aliphatic heterocycles. The molecular weight excluding hydrogens is 346 g/mol. The zero-order valence-corrected chi connectivity index (χ0v) is 13.1. The number of benzene rings is 2. The second-order valence-corrected chi connectivity index (χ2v) is 5.67. The number of aromatic carboxylic acids is 1. The number of carboxylic acid groups (broad SMARTS) is 1. The maximum absolute atomic E-state index is 11.1. The minimum absolute atomic E-state index is 0.000571. The molecule has 0 aliphatic carbocycles. The van der Waals surface area contributed by atoms with Crippen molar-refractivity contribution in [2.45, 2.75) is 6.61 Å². The maximum atomic E-state index is 11.1. The van der Waals surface area contributed by atoms with Crippen LogP contribution < -0.4 is 4.74 Å². The number of nitrogens with zero attached hydrogens (tertiary/aromatic N) is 1. The van der Waals surface area contributed by atoms with E-state index in [0.717, 1.165) is 15.4 Å². The predicted molar refractivity (Wildman–Crippen MR) is 87.2 cm³/mol. The Morgan fingerprint density at radius 1 is 1.14 bits per heavy atom. The number of hydrogen-bond donors (Lipinski definition) is 1. The van der Waals surface area contributed by atoms with Crippen molar-refractivity contribution in [2.24, 2.45) is 0 Å². The molecule has 0 radical (unpaired) electrons. The Labute approximate surface area is 135 Å². The number of fused-ring (bicyclic) bond motifs is 1. The average molecular weight is 358 g/mol. The fraction of sp³-hybridized carbons (Fsp3) is 0.0588. The van der Waals surface area contributed by atoms with Crippen molar-refractivity contribution in [2.75, 3.05) is 0 Å². The van der Waals surface area contributed by atoms with Crippen LogP contribution in [0.2, 0.25) is 0 Å². The molecule has 0 atom stereocenters. The quantitative estimate of drug-likeness (QED) is 0.757. The van der Waals surface area contributed by atoms with Crippen LogP contribution in [0.4, 0.5) is 0 Å². The number of hydrogen-bond acceptors (Lipinski definition) is 3. The molecule has 0 bridgehead atoms. The third-order valence-electron chi connectivity index (χ3n) is 3.18. The Bertz CT molecular complexity index is 834. The van der Waals surface area contributed by atoms with Gasteiger partial charge < -0.3 is 9.84 Å². The van der Waals surface area contributed by atoms with Crippen molar-refractivity contribution in [1.82, 2.24) is 4.98 Å². The normalized spacial score (nSPS) is 10.6. The van der Waals surface area contributed by atoms with Gasteiger partial charge in [0.05, 0.1) is 0 Å². The molecule has 3 aromatic rings. The van der Waals surface area contributed by atoms with Crippen molar-refractivity contribution >= 4 is 32.8 Å². The van der Waals surface area contributed by atoms with Gasteiger partial charge >= 0.3 is 5.97 Å². The van der Waals surface area contributed by atoms with E-state index < -0.39 is 5.97 Å². The SMILES string of the molecule is O=C(O)c1ccc2cc(Br)cc(OCc3ccccc3)c2n1. The first-order valence-corrected chi connectivity index (χ1v) is 7.43. The molecule has 5 heteroatoms. The number of rotatable bonds is 4. The van der Waals surface area contributed by atoms with Gasteiger partial charge in [-0.2, -0.15) is 0 Å². The van der Waals surface area contributed by atoms with Crippen LogP contribution in [0, 0.1) is 0 Å². The number of carbonyl (C=O) groups is 1. The van der Waals surface area contributed by atoms with Crippen LogP contribution >= 0.6 is 15.9 Å². The summed E-state index contributed by atoms with van der Waals surface area (Å²) in [6, 6.07) is 16.7. The van der Waals surface area contributed by atoms with E-state index in [1.54, 1.807) is 12.1 Å². The Morgan fingerprint density at radius 3 is 2.64 bits per heavy atom. The molecule has 2 aromatic carbocycles. The number of halogens is 1. The maximum Gasteiger partial charge on any atom is 0.354 e. The van der Waals surface area contributed by atoms with Gasteiger partial charge in [-0.3, -0.25) is 0 Å². The number of ether oxygens (including phenoxy) is 1. The highest BCUT2D eigenvalue weighted by atomic mass is 79.9. The van der Waals surface area contributed by atoms with Gasteiger partial charge in [0.15, 0.2) is 0 Å². The predicted octanol–water partition coefficient (Wildman–Crippen LogP) is 4.27. The van der Waals surface area contributed by atoms with E-state index in [0.29, 0.717) is 17.9 Å². The largest absolute Gasteiger partial charge is 0.487 e. The van der Waals surface area contributed by atoms with E-state index in [1.807, 2.05) is 36.4 Å². The summed E-state index contributed by atoms with van der Waals surface area (Å²) in [5.41, 5.74) is 1.57. The van der Waals surface area contributed by atoms with E-state index in [9.17, 15) is 4.79 Å². The van der Waals surface area contributed by atoms with Crippen LogP contribution in [-0.2, 0) is 6.61 Å². The lowest BCUT2D eigenvalue weighted by Gasteiger charge is -2.10. The standard InChI is InChI=1S/C17H12BrNO3/c18-13-8-12-6-7-14(17(20)21)19-16(12)15(9-13)22-10-11-4-2-1-3-5-11/h1-9H,10H2,(H,20,21). The van der Waals surface area contributed by atoms with Gasteiger partial charge in [-0.25, -0.2) is 9.78 Å². The van der Waals surface area contributed by atoms with Gasteiger partial charge in [0, 0.05) is 9.86 Å². The van der Waals surface area contributed by atoms with Gasteiger partial charge in [0.2, 0.25) is 0 Å². The van der Waals surface area contributed by atoms with Crippen molar-refractivity contribution in [3.63, 3.8) is 0 Å². The van der Waals surface area contributed by atoms with Crippen LogP contribution in [0.25, 0.3) is 10.9 Å². The second-order valence-electron chi connectivity index (χ2n) is 4.75. The van der Waals surface area contributed by atoms with Crippen LogP contribution in [-0.4, -0.2) is 16.1 Å². The zero-order valence-electron chi connectivity index (χ0n) is 11.5. The first-order valence-electron chi connectivity index (χ1n) is 6.64. The summed E-state index contributed by atoms with van der Waals surface area (Å²) < 4.78 is 6.69. The molecule has 0 fully saturated rings. The minimum Gasteiger partial charge on any atom is -0.487 e. The Morgan fingerprint density at radius 2 is 1.91 bits per heavy atom. The lowest BCUT2D eigenvalue weighted by Crippen LogP contribution is -2.02. The van der Waals surface area contributed by atoms with E-state index >= 15 is 0 Å². The van der Waals surface area contributed by atoms with E-state index in [1.165, 1.54) is 6.07 Å². The average Bonchev–Trinajstić information content (AvgIpc) is 2.53. The summed E-state index contributed by atoms with van der Waals surface area (Å²) in [5, 5.41) is 9.91. The number of aromatic nitrogens is 1. The Hall–Kier alpha value is -2.40. The van der Waals surface area contributed by atoms with Gasteiger partial charge in [0.1, 0.15) is 23.6 Å². The van der Waals surface area contributed by atoms with E-state index in [2.05, 4.69) is 20.9 Å². The first kappa shape index (κ1) is 14.5. The molecule has 0 saturated heterocycles. The molecule has 1 N–H and O–H groups in total. The smallest absolute Gasteiger partial charge is 0.354 e. The zero-order chi connectivity index (χ0) is 15.5.